The third-order valence-electron chi connectivity index (χ3n) is 3.61. The zero-order valence-electron chi connectivity index (χ0n) is 12.5. The Labute approximate surface area is 146 Å². The number of rotatable bonds is 3. The topological polar surface area (TPSA) is 58.7 Å². The monoisotopic (exact) mass is 421 g/mol. The van der Waals surface area contributed by atoms with Crippen LogP contribution in [0.4, 0.5) is 0 Å². The summed E-state index contributed by atoms with van der Waals surface area (Å²) in [7, 11) is -0.924. The maximum absolute atomic E-state index is 11.3. The van der Waals surface area contributed by atoms with Crippen molar-refractivity contribution in [3.63, 3.8) is 0 Å². The van der Waals surface area contributed by atoms with Gasteiger partial charge in [0.25, 0.3) is 0 Å². The highest BCUT2D eigenvalue weighted by atomic mass is 127. The number of hydrogen-bond donors (Lipinski definition) is 1. The Morgan fingerprint density at radius 1 is 1.19 bits per heavy atom. The average Bonchev–Trinajstić information content (AvgIpc) is 2.74. The van der Waals surface area contributed by atoms with Crippen molar-refractivity contribution in [1.82, 2.24) is 4.90 Å². The van der Waals surface area contributed by atoms with Crippen LogP contribution in [-0.2, 0) is 17.3 Å². The van der Waals surface area contributed by atoms with Crippen molar-refractivity contribution in [3.05, 3.63) is 29.8 Å². The summed E-state index contributed by atoms with van der Waals surface area (Å²) in [4.78, 5) is 7.51. The summed E-state index contributed by atoms with van der Waals surface area (Å²) in [6.45, 7) is 2.62. The molecule has 118 valence electrons. The van der Waals surface area contributed by atoms with E-state index in [1.807, 2.05) is 24.3 Å². The first-order valence-corrected chi connectivity index (χ1v) is 8.70. The van der Waals surface area contributed by atoms with Crippen LogP contribution in [0, 0.1) is 0 Å². The van der Waals surface area contributed by atoms with Gasteiger partial charge in [-0.15, -0.1) is 24.0 Å². The highest BCUT2D eigenvalue weighted by Crippen LogP contribution is 2.11. The number of guanidine groups is 1. The Morgan fingerprint density at radius 3 is 2.29 bits per heavy atom. The van der Waals surface area contributed by atoms with Crippen molar-refractivity contribution < 1.29 is 4.21 Å². The van der Waals surface area contributed by atoms with Crippen LogP contribution in [0.25, 0.3) is 0 Å². The molecule has 1 atom stereocenters. The summed E-state index contributed by atoms with van der Waals surface area (Å²) in [5, 5.41) is 0. The van der Waals surface area contributed by atoms with E-state index in [0.29, 0.717) is 12.5 Å². The lowest BCUT2D eigenvalue weighted by Gasteiger charge is -2.21. The number of nitrogens with zero attached hydrogens (tertiary/aromatic N) is 2. The molecule has 0 aliphatic carbocycles. The number of aliphatic imine (C=N–C) groups is 1. The van der Waals surface area contributed by atoms with E-state index in [-0.39, 0.29) is 24.0 Å². The summed E-state index contributed by atoms with van der Waals surface area (Å²) in [5.41, 5.74) is 7.17. The molecule has 0 spiro atoms. The van der Waals surface area contributed by atoms with Gasteiger partial charge in [-0.3, -0.25) is 4.21 Å². The molecular formula is C15H24IN3OS. The Bertz CT molecular complexity index is 482. The van der Waals surface area contributed by atoms with Crippen LogP contribution in [0.1, 0.15) is 31.2 Å². The van der Waals surface area contributed by atoms with Crippen LogP contribution in [0.2, 0.25) is 0 Å². The Balaban J connectivity index is 0.00000220. The molecular weight excluding hydrogens is 397 g/mol. The smallest absolute Gasteiger partial charge is 0.191 e. The van der Waals surface area contributed by atoms with E-state index in [1.54, 1.807) is 6.26 Å². The molecule has 1 aliphatic rings. The van der Waals surface area contributed by atoms with Crippen molar-refractivity contribution in [2.75, 3.05) is 19.3 Å². The molecule has 0 radical (unpaired) electrons. The van der Waals surface area contributed by atoms with E-state index in [9.17, 15) is 4.21 Å². The van der Waals surface area contributed by atoms with Gasteiger partial charge in [0.2, 0.25) is 0 Å². The molecule has 0 bridgehead atoms. The fourth-order valence-electron chi connectivity index (χ4n) is 2.36. The van der Waals surface area contributed by atoms with Gasteiger partial charge in [-0.05, 0) is 30.5 Å². The van der Waals surface area contributed by atoms with E-state index in [4.69, 9.17) is 5.73 Å². The van der Waals surface area contributed by atoms with Gasteiger partial charge in [0.05, 0.1) is 6.54 Å². The number of hydrogen-bond acceptors (Lipinski definition) is 2. The summed E-state index contributed by atoms with van der Waals surface area (Å²) >= 11 is 0. The van der Waals surface area contributed by atoms with Crippen molar-refractivity contribution in [2.45, 2.75) is 37.1 Å². The molecule has 1 heterocycles. The molecule has 4 nitrogen and oxygen atoms in total. The number of benzene rings is 1. The molecule has 1 fully saturated rings. The number of halogens is 1. The molecule has 1 saturated heterocycles. The average molecular weight is 421 g/mol. The number of likely N-dealkylation sites (tertiary alicyclic amines) is 1. The normalized spacial score (nSPS) is 17.8. The van der Waals surface area contributed by atoms with Gasteiger partial charge in [0.1, 0.15) is 0 Å². The standard InChI is InChI=1S/C15H23N3OS.HI/c1-20(19)14-8-6-13(7-9-14)12-17-15(16)18-10-4-2-3-5-11-18;/h6-9H,2-5,10-12H2,1H3,(H2,16,17);1H. The minimum absolute atomic E-state index is 0. The first kappa shape index (κ1) is 18.4. The zero-order valence-corrected chi connectivity index (χ0v) is 15.6. The van der Waals surface area contributed by atoms with Gasteiger partial charge in [-0.2, -0.15) is 0 Å². The lowest BCUT2D eigenvalue weighted by atomic mass is 10.2. The van der Waals surface area contributed by atoms with Gasteiger partial charge in [0.15, 0.2) is 5.96 Å². The van der Waals surface area contributed by atoms with Crippen LogP contribution in [0.15, 0.2) is 34.2 Å². The predicted octanol–water partition coefficient (Wildman–Crippen LogP) is 2.73. The Kier molecular flexibility index (Phi) is 8.24. The highest BCUT2D eigenvalue weighted by molar-refractivity contribution is 14.0. The van der Waals surface area contributed by atoms with E-state index in [0.717, 1.165) is 23.5 Å². The summed E-state index contributed by atoms with van der Waals surface area (Å²) in [6, 6.07) is 7.72. The molecule has 2 rings (SSSR count). The summed E-state index contributed by atoms with van der Waals surface area (Å²) < 4.78 is 11.3. The maximum atomic E-state index is 11.3. The van der Waals surface area contributed by atoms with E-state index < -0.39 is 10.8 Å². The Morgan fingerprint density at radius 2 is 1.76 bits per heavy atom. The maximum Gasteiger partial charge on any atom is 0.191 e. The lowest BCUT2D eigenvalue weighted by Crippen LogP contribution is -2.38. The van der Waals surface area contributed by atoms with Crippen molar-refractivity contribution >= 4 is 40.7 Å². The van der Waals surface area contributed by atoms with Crippen molar-refractivity contribution in [2.24, 2.45) is 10.7 Å². The summed E-state index contributed by atoms with van der Waals surface area (Å²) in [6.07, 6.45) is 6.67. The molecule has 2 N–H and O–H groups in total. The van der Waals surface area contributed by atoms with Gasteiger partial charge in [-0.1, -0.05) is 25.0 Å². The third-order valence-corrected chi connectivity index (χ3v) is 4.54. The van der Waals surface area contributed by atoms with Gasteiger partial charge >= 0.3 is 0 Å². The van der Waals surface area contributed by atoms with Crippen LogP contribution in [0.3, 0.4) is 0 Å². The molecule has 1 unspecified atom stereocenters. The third kappa shape index (κ3) is 5.94. The fourth-order valence-corrected chi connectivity index (χ4v) is 2.88. The zero-order chi connectivity index (χ0) is 14.4. The minimum atomic E-state index is -0.924. The second kappa shape index (κ2) is 9.40. The van der Waals surface area contributed by atoms with E-state index in [2.05, 4.69) is 9.89 Å². The predicted molar refractivity (Wildman–Crippen MR) is 99.6 cm³/mol. The van der Waals surface area contributed by atoms with Crippen molar-refractivity contribution in [3.8, 4) is 0 Å². The second-order valence-electron chi connectivity index (χ2n) is 5.17. The van der Waals surface area contributed by atoms with E-state index in [1.165, 1.54) is 25.7 Å². The highest BCUT2D eigenvalue weighted by Gasteiger charge is 2.10. The molecule has 0 amide bonds. The second-order valence-corrected chi connectivity index (χ2v) is 6.55. The molecule has 0 aromatic heterocycles. The van der Waals surface area contributed by atoms with Crippen molar-refractivity contribution in [1.29, 1.82) is 0 Å². The molecule has 0 saturated carbocycles. The van der Waals surface area contributed by atoms with Crippen LogP contribution in [-0.4, -0.2) is 34.4 Å². The lowest BCUT2D eigenvalue weighted by molar-refractivity contribution is 0.428. The van der Waals surface area contributed by atoms with Crippen LogP contribution in [0.5, 0.6) is 0 Å². The first-order chi connectivity index (χ1) is 9.66. The number of nitrogens with two attached hydrogens (primary N) is 1. The molecule has 1 aromatic rings. The van der Waals surface area contributed by atoms with Gasteiger partial charge < -0.3 is 10.6 Å². The van der Waals surface area contributed by atoms with Crippen LogP contribution < -0.4 is 5.73 Å². The van der Waals surface area contributed by atoms with Crippen LogP contribution >= 0.6 is 24.0 Å². The minimum Gasteiger partial charge on any atom is -0.370 e. The molecule has 21 heavy (non-hydrogen) atoms. The summed E-state index contributed by atoms with van der Waals surface area (Å²) in [5.74, 6) is 0.648. The van der Waals surface area contributed by atoms with E-state index >= 15 is 0 Å². The molecule has 6 heteroatoms. The first-order valence-electron chi connectivity index (χ1n) is 7.14. The quantitative estimate of drug-likeness (QED) is 0.464. The molecule has 1 aromatic carbocycles. The fraction of sp³-hybridized carbons (Fsp3) is 0.533. The molecule has 1 aliphatic heterocycles. The largest absolute Gasteiger partial charge is 0.370 e. The Hall–Kier alpha value is -0.630. The SMILES string of the molecule is CS(=O)c1ccc(CN=C(N)N2CCCCCC2)cc1.I. The van der Waals surface area contributed by atoms with Gasteiger partial charge in [0, 0.05) is 35.0 Å². The van der Waals surface area contributed by atoms with Gasteiger partial charge in [-0.25, -0.2) is 4.99 Å².